The van der Waals surface area contributed by atoms with Gasteiger partial charge in [-0.2, -0.15) is 0 Å². The number of halogens is 1. The summed E-state index contributed by atoms with van der Waals surface area (Å²) < 4.78 is 0. The molecule has 0 saturated carbocycles. The van der Waals surface area contributed by atoms with Gasteiger partial charge in [-0.15, -0.1) is 0 Å². The number of anilines is 2. The lowest BCUT2D eigenvalue weighted by atomic mass is 10.2. The van der Waals surface area contributed by atoms with Crippen LogP contribution >= 0.6 is 11.6 Å². The molecule has 1 aliphatic rings. The quantitative estimate of drug-likeness (QED) is 0.624. The SMILES string of the molecule is Cc1nc(N2CCN(CC(=O)Nc3ccc(Cl)cc3)CC2)ccc1[N+](=O)[O-]. The lowest BCUT2D eigenvalue weighted by molar-refractivity contribution is -0.385. The number of carbonyl (C=O) groups is 1. The van der Waals surface area contributed by atoms with Crippen molar-refractivity contribution in [3.63, 3.8) is 0 Å². The molecule has 1 amide bonds. The van der Waals surface area contributed by atoms with Gasteiger partial charge in [0.15, 0.2) is 0 Å². The first-order valence-corrected chi connectivity index (χ1v) is 8.95. The van der Waals surface area contributed by atoms with Crippen LogP contribution < -0.4 is 10.2 Å². The van der Waals surface area contributed by atoms with Gasteiger partial charge in [0.05, 0.1) is 11.5 Å². The normalized spacial score (nSPS) is 14.8. The second-order valence-electron chi connectivity index (χ2n) is 6.35. The van der Waals surface area contributed by atoms with Gasteiger partial charge in [-0.3, -0.25) is 19.8 Å². The predicted molar refractivity (Wildman–Crippen MR) is 104 cm³/mol. The van der Waals surface area contributed by atoms with Crippen LogP contribution in [0.3, 0.4) is 0 Å². The number of rotatable bonds is 5. The summed E-state index contributed by atoms with van der Waals surface area (Å²) in [4.78, 5) is 31.1. The molecule has 1 aromatic carbocycles. The van der Waals surface area contributed by atoms with E-state index in [1.807, 2.05) is 0 Å². The van der Waals surface area contributed by atoms with Crippen LogP contribution in [0.25, 0.3) is 0 Å². The number of nitrogens with one attached hydrogen (secondary N) is 1. The molecule has 1 N–H and O–H groups in total. The maximum atomic E-state index is 12.2. The molecule has 0 radical (unpaired) electrons. The highest BCUT2D eigenvalue weighted by atomic mass is 35.5. The van der Waals surface area contributed by atoms with Crippen molar-refractivity contribution in [2.24, 2.45) is 0 Å². The Morgan fingerprint density at radius 1 is 1.19 bits per heavy atom. The van der Waals surface area contributed by atoms with Crippen LogP contribution in [0.4, 0.5) is 17.2 Å². The van der Waals surface area contributed by atoms with Gasteiger partial charge >= 0.3 is 0 Å². The van der Waals surface area contributed by atoms with Crippen LogP contribution in [-0.2, 0) is 4.79 Å². The number of aromatic nitrogens is 1. The molecule has 0 atom stereocenters. The molecular weight excluding hydrogens is 370 g/mol. The zero-order valence-corrected chi connectivity index (χ0v) is 15.6. The van der Waals surface area contributed by atoms with E-state index >= 15 is 0 Å². The van der Waals surface area contributed by atoms with Crippen LogP contribution in [0.15, 0.2) is 36.4 Å². The summed E-state index contributed by atoms with van der Waals surface area (Å²) in [5, 5.41) is 14.4. The average molecular weight is 390 g/mol. The molecule has 0 spiro atoms. The summed E-state index contributed by atoms with van der Waals surface area (Å²) in [5.74, 6) is 0.651. The van der Waals surface area contributed by atoms with Gasteiger partial charge in [-0.05, 0) is 37.3 Å². The summed E-state index contributed by atoms with van der Waals surface area (Å²) >= 11 is 5.84. The third kappa shape index (κ3) is 4.93. The Kier molecular flexibility index (Phi) is 5.88. The minimum Gasteiger partial charge on any atom is -0.354 e. The first-order valence-electron chi connectivity index (χ1n) is 8.57. The van der Waals surface area contributed by atoms with Gasteiger partial charge in [-0.1, -0.05) is 11.6 Å². The minimum absolute atomic E-state index is 0.0243. The molecule has 2 aromatic rings. The van der Waals surface area contributed by atoms with Crippen molar-refractivity contribution < 1.29 is 9.72 Å². The molecule has 27 heavy (non-hydrogen) atoms. The number of nitro groups is 1. The van der Waals surface area contributed by atoms with E-state index in [0.29, 0.717) is 49.1 Å². The van der Waals surface area contributed by atoms with E-state index in [9.17, 15) is 14.9 Å². The fourth-order valence-electron chi connectivity index (χ4n) is 2.98. The Labute approximate surface area is 161 Å². The fraction of sp³-hybridized carbons (Fsp3) is 0.333. The Morgan fingerprint density at radius 3 is 2.44 bits per heavy atom. The lowest BCUT2D eigenvalue weighted by Gasteiger charge is -2.35. The monoisotopic (exact) mass is 389 g/mol. The number of aryl methyl sites for hydroxylation is 1. The standard InChI is InChI=1S/C18H20ClN5O3/c1-13-16(24(26)27)6-7-17(20-13)23-10-8-22(9-11-23)12-18(25)21-15-4-2-14(19)3-5-15/h2-7H,8-12H2,1H3,(H,21,25). The van der Waals surface area contributed by atoms with Crippen molar-refractivity contribution in [3.8, 4) is 0 Å². The van der Waals surface area contributed by atoms with E-state index in [4.69, 9.17) is 11.6 Å². The smallest absolute Gasteiger partial charge is 0.290 e. The zero-order chi connectivity index (χ0) is 19.4. The number of piperazine rings is 1. The Balaban J connectivity index is 1.51. The first-order chi connectivity index (χ1) is 12.9. The number of pyridine rings is 1. The van der Waals surface area contributed by atoms with Crippen molar-refractivity contribution in [1.29, 1.82) is 0 Å². The average Bonchev–Trinajstić information content (AvgIpc) is 2.64. The van der Waals surface area contributed by atoms with E-state index < -0.39 is 4.92 Å². The molecular formula is C18H20ClN5O3. The maximum Gasteiger partial charge on any atom is 0.290 e. The Bertz CT molecular complexity index is 835. The van der Waals surface area contributed by atoms with E-state index in [1.54, 1.807) is 37.3 Å². The van der Waals surface area contributed by atoms with Gasteiger partial charge < -0.3 is 10.2 Å². The second kappa shape index (κ2) is 8.32. The number of hydrogen-bond acceptors (Lipinski definition) is 6. The Hall–Kier alpha value is -2.71. The summed E-state index contributed by atoms with van der Waals surface area (Å²) in [6.07, 6.45) is 0. The van der Waals surface area contributed by atoms with Crippen LogP contribution in [-0.4, -0.2) is 53.4 Å². The molecule has 1 saturated heterocycles. The summed E-state index contributed by atoms with van der Waals surface area (Å²) in [6.45, 7) is 4.79. The molecule has 2 heterocycles. The maximum absolute atomic E-state index is 12.2. The van der Waals surface area contributed by atoms with Gasteiger partial charge in [0.25, 0.3) is 5.69 Å². The largest absolute Gasteiger partial charge is 0.354 e. The molecule has 0 bridgehead atoms. The minimum atomic E-state index is -0.427. The number of nitrogens with zero attached hydrogens (tertiary/aromatic N) is 4. The van der Waals surface area contributed by atoms with Crippen molar-refractivity contribution in [1.82, 2.24) is 9.88 Å². The van der Waals surface area contributed by atoms with E-state index in [2.05, 4.69) is 20.1 Å². The predicted octanol–water partition coefficient (Wildman–Crippen LogP) is 2.71. The van der Waals surface area contributed by atoms with Gasteiger partial charge in [0, 0.05) is 43.0 Å². The molecule has 1 fully saturated rings. The van der Waals surface area contributed by atoms with Crippen molar-refractivity contribution in [2.45, 2.75) is 6.92 Å². The molecule has 142 valence electrons. The molecule has 1 aromatic heterocycles. The number of amides is 1. The third-order valence-corrected chi connectivity index (χ3v) is 4.68. The molecule has 8 nitrogen and oxygen atoms in total. The van der Waals surface area contributed by atoms with Gasteiger partial charge in [-0.25, -0.2) is 4.98 Å². The molecule has 0 aliphatic carbocycles. The summed E-state index contributed by atoms with van der Waals surface area (Å²) in [7, 11) is 0. The van der Waals surface area contributed by atoms with E-state index in [0.717, 1.165) is 5.82 Å². The fourth-order valence-corrected chi connectivity index (χ4v) is 3.11. The number of hydrogen-bond donors (Lipinski definition) is 1. The topological polar surface area (TPSA) is 91.6 Å². The van der Waals surface area contributed by atoms with Crippen molar-refractivity contribution >= 4 is 34.7 Å². The highest BCUT2D eigenvalue weighted by Gasteiger charge is 2.21. The second-order valence-corrected chi connectivity index (χ2v) is 6.79. The van der Waals surface area contributed by atoms with Crippen LogP contribution in [0, 0.1) is 17.0 Å². The molecule has 1 aliphatic heterocycles. The summed E-state index contributed by atoms with van der Waals surface area (Å²) in [5.41, 5.74) is 1.15. The molecule has 0 unspecified atom stereocenters. The van der Waals surface area contributed by atoms with Crippen LogP contribution in [0.2, 0.25) is 5.02 Å². The van der Waals surface area contributed by atoms with E-state index in [1.165, 1.54) is 6.07 Å². The highest BCUT2D eigenvalue weighted by Crippen LogP contribution is 2.21. The highest BCUT2D eigenvalue weighted by molar-refractivity contribution is 6.30. The van der Waals surface area contributed by atoms with Crippen molar-refractivity contribution in [2.75, 3.05) is 42.9 Å². The van der Waals surface area contributed by atoms with E-state index in [-0.39, 0.29) is 11.6 Å². The van der Waals surface area contributed by atoms with Crippen LogP contribution in [0.5, 0.6) is 0 Å². The molecule has 9 heteroatoms. The molecule has 3 rings (SSSR count). The van der Waals surface area contributed by atoms with Gasteiger partial charge in [0.1, 0.15) is 11.5 Å². The summed E-state index contributed by atoms with van der Waals surface area (Å²) in [6, 6.07) is 10.2. The number of benzene rings is 1. The lowest BCUT2D eigenvalue weighted by Crippen LogP contribution is -2.49. The van der Waals surface area contributed by atoms with Gasteiger partial charge in [0.2, 0.25) is 5.91 Å². The third-order valence-electron chi connectivity index (χ3n) is 4.43. The van der Waals surface area contributed by atoms with Crippen molar-refractivity contribution in [3.05, 3.63) is 57.2 Å². The van der Waals surface area contributed by atoms with Crippen LogP contribution in [0.1, 0.15) is 5.69 Å². The first kappa shape index (κ1) is 19.1. The zero-order valence-electron chi connectivity index (χ0n) is 14.9. The number of carbonyl (C=O) groups excluding carboxylic acids is 1. The Morgan fingerprint density at radius 2 is 1.85 bits per heavy atom.